The van der Waals surface area contributed by atoms with Gasteiger partial charge >= 0.3 is 6.18 Å². The largest absolute Gasteiger partial charge is 0.417 e. The van der Waals surface area contributed by atoms with Crippen molar-refractivity contribution in [2.24, 2.45) is 0 Å². The molecule has 1 atom stereocenters. The average molecular weight is 449 g/mol. The minimum Gasteiger partial charge on any atom is -0.342 e. The summed E-state index contributed by atoms with van der Waals surface area (Å²) in [7, 11) is 0. The quantitative estimate of drug-likeness (QED) is 0.571. The molecule has 1 fully saturated rings. The fourth-order valence-electron chi connectivity index (χ4n) is 4.43. The van der Waals surface area contributed by atoms with Gasteiger partial charge in [0.1, 0.15) is 0 Å². The maximum atomic E-state index is 13.7. The zero-order valence-corrected chi connectivity index (χ0v) is 18.4. The third-order valence-corrected chi connectivity index (χ3v) is 6.00. The first-order chi connectivity index (χ1) is 15.1. The summed E-state index contributed by atoms with van der Waals surface area (Å²) in [5.74, 6) is -0.275. The molecule has 0 radical (unpaired) electrons. The number of hydrogen-bond donors (Lipinski definition) is 0. The van der Waals surface area contributed by atoms with Gasteiger partial charge in [-0.1, -0.05) is 5.16 Å². The number of amides is 1. The van der Waals surface area contributed by atoms with Crippen LogP contribution in [-0.4, -0.2) is 43.8 Å². The van der Waals surface area contributed by atoms with E-state index in [0.29, 0.717) is 51.0 Å². The number of halogens is 3. The molecular weight excluding hydrogens is 423 g/mol. The monoisotopic (exact) mass is 449 g/mol. The molecule has 0 aliphatic carbocycles. The summed E-state index contributed by atoms with van der Waals surface area (Å²) < 4.78 is 47.9. The molecule has 1 amide bonds. The summed E-state index contributed by atoms with van der Waals surface area (Å²) >= 11 is 0. The summed E-state index contributed by atoms with van der Waals surface area (Å²) in [5.41, 5.74) is 1.55. The van der Waals surface area contributed by atoms with Crippen LogP contribution in [-0.2, 0) is 17.5 Å². The number of nitrogens with zero attached hydrogens (tertiary/aromatic N) is 5. The van der Waals surface area contributed by atoms with Crippen LogP contribution >= 0.6 is 0 Å². The number of hydrogen-bond acceptors (Lipinski definition) is 5. The number of rotatable bonds is 5. The van der Waals surface area contributed by atoms with E-state index >= 15 is 0 Å². The fourth-order valence-corrected chi connectivity index (χ4v) is 4.43. The molecule has 7 nitrogen and oxygen atoms in total. The summed E-state index contributed by atoms with van der Waals surface area (Å²) in [6.07, 6.45) is -2.14. The van der Waals surface area contributed by atoms with E-state index in [1.165, 1.54) is 6.92 Å². The first-order valence-electron chi connectivity index (χ1n) is 10.8. The molecule has 0 N–H and O–H groups in total. The second kappa shape index (κ2) is 8.55. The van der Waals surface area contributed by atoms with E-state index in [1.54, 1.807) is 4.90 Å². The Labute approximate surface area is 183 Å². The van der Waals surface area contributed by atoms with E-state index in [2.05, 4.69) is 15.2 Å². The van der Waals surface area contributed by atoms with Crippen molar-refractivity contribution in [3.63, 3.8) is 0 Å². The van der Waals surface area contributed by atoms with Crippen LogP contribution in [0.15, 0.2) is 16.7 Å². The number of carbonyl (C=O) groups excluding carboxylic acids is 1. The Morgan fingerprint density at radius 3 is 2.72 bits per heavy atom. The maximum absolute atomic E-state index is 13.7. The number of aromatic nitrogens is 4. The van der Waals surface area contributed by atoms with E-state index in [9.17, 15) is 18.0 Å². The Morgan fingerprint density at radius 1 is 1.25 bits per heavy atom. The van der Waals surface area contributed by atoms with E-state index in [1.807, 2.05) is 24.6 Å². The molecule has 1 saturated heterocycles. The molecule has 1 aliphatic rings. The number of alkyl halides is 3. The van der Waals surface area contributed by atoms with Crippen molar-refractivity contribution in [3.8, 4) is 0 Å². The van der Waals surface area contributed by atoms with Gasteiger partial charge in [-0.2, -0.15) is 18.3 Å². The summed E-state index contributed by atoms with van der Waals surface area (Å²) in [5, 5.41) is 7.96. The second-order valence-electron chi connectivity index (χ2n) is 8.47. The molecular formula is C22H26F3N5O2. The molecule has 0 aromatic carbocycles. The normalized spacial score (nSPS) is 17.3. The van der Waals surface area contributed by atoms with Gasteiger partial charge < -0.3 is 9.42 Å². The number of piperidine rings is 1. The van der Waals surface area contributed by atoms with E-state index in [4.69, 9.17) is 4.52 Å². The number of fused-ring (bicyclic) bond motifs is 1. The average Bonchev–Trinajstić information content (AvgIpc) is 3.27. The highest BCUT2D eigenvalue weighted by atomic mass is 19.4. The van der Waals surface area contributed by atoms with Crippen LogP contribution in [0.25, 0.3) is 11.1 Å². The molecule has 1 unspecified atom stereocenters. The van der Waals surface area contributed by atoms with Gasteiger partial charge in [0.2, 0.25) is 5.91 Å². The van der Waals surface area contributed by atoms with Crippen LogP contribution in [0.3, 0.4) is 0 Å². The summed E-state index contributed by atoms with van der Waals surface area (Å²) in [6, 6.07) is 3.08. The van der Waals surface area contributed by atoms with Gasteiger partial charge in [0.15, 0.2) is 0 Å². The highest BCUT2D eigenvalue weighted by Gasteiger charge is 2.37. The molecule has 32 heavy (non-hydrogen) atoms. The van der Waals surface area contributed by atoms with Gasteiger partial charge in [-0.25, -0.2) is 4.98 Å². The molecule has 10 heteroatoms. The summed E-state index contributed by atoms with van der Waals surface area (Å²) in [4.78, 5) is 18.8. The van der Waals surface area contributed by atoms with Gasteiger partial charge in [0.05, 0.1) is 28.0 Å². The predicted molar refractivity (Wildman–Crippen MR) is 111 cm³/mol. The molecule has 4 rings (SSSR count). The molecule has 0 saturated carbocycles. The Kier molecular flexibility index (Phi) is 5.96. The molecule has 0 bridgehead atoms. The number of pyridine rings is 1. The zero-order valence-electron chi connectivity index (χ0n) is 18.4. The van der Waals surface area contributed by atoms with E-state index in [0.717, 1.165) is 17.5 Å². The lowest BCUT2D eigenvalue weighted by Gasteiger charge is -2.32. The highest BCUT2D eigenvalue weighted by Crippen LogP contribution is 2.38. The van der Waals surface area contributed by atoms with Gasteiger partial charge in [0, 0.05) is 37.7 Å². The highest BCUT2D eigenvalue weighted by molar-refractivity contribution is 5.81. The zero-order chi connectivity index (χ0) is 23.0. The Hall–Kier alpha value is -2.91. The van der Waals surface area contributed by atoms with Crippen LogP contribution in [0.1, 0.15) is 59.9 Å². The molecule has 4 heterocycles. The van der Waals surface area contributed by atoms with Crippen molar-refractivity contribution in [3.05, 3.63) is 40.5 Å². The van der Waals surface area contributed by atoms with Gasteiger partial charge in [-0.05, 0) is 52.2 Å². The Bertz CT molecular complexity index is 1130. The van der Waals surface area contributed by atoms with Crippen molar-refractivity contribution >= 4 is 17.0 Å². The van der Waals surface area contributed by atoms with Gasteiger partial charge in [-0.3, -0.25) is 9.48 Å². The topological polar surface area (TPSA) is 77.0 Å². The smallest absolute Gasteiger partial charge is 0.342 e. The molecule has 0 spiro atoms. The minimum atomic E-state index is -4.54. The maximum Gasteiger partial charge on any atom is 0.417 e. The lowest BCUT2D eigenvalue weighted by Crippen LogP contribution is -2.39. The van der Waals surface area contributed by atoms with Crippen LogP contribution in [0.2, 0.25) is 0 Å². The van der Waals surface area contributed by atoms with Crippen LogP contribution < -0.4 is 0 Å². The van der Waals surface area contributed by atoms with Crippen molar-refractivity contribution in [2.45, 2.75) is 65.1 Å². The minimum absolute atomic E-state index is 0.00358. The number of carbonyl (C=O) groups is 1. The van der Waals surface area contributed by atoms with Gasteiger partial charge in [0.25, 0.3) is 5.71 Å². The molecule has 3 aromatic rings. The van der Waals surface area contributed by atoms with Crippen molar-refractivity contribution in [2.75, 3.05) is 13.1 Å². The van der Waals surface area contributed by atoms with Crippen molar-refractivity contribution in [1.29, 1.82) is 0 Å². The first-order valence-corrected chi connectivity index (χ1v) is 10.8. The Balaban J connectivity index is 1.46. The third kappa shape index (κ3) is 4.49. The lowest BCUT2D eigenvalue weighted by atomic mass is 9.92. The SMILES string of the molecule is Cc1cc(C)n(CCCC(=O)N2CCCC(c3cc(C(F)(F)F)c4c(C)noc4n3)C2)n1. The van der Waals surface area contributed by atoms with E-state index < -0.39 is 11.7 Å². The molecule has 3 aromatic heterocycles. The third-order valence-electron chi connectivity index (χ3n) is 6.00. The molecule has 1 aliphatic heterocycles. The van der Waals surface area contributed by atoms with Crippen LogP contribution in [0.5, 0.6) is 0 Å². The van der Waals surface area contributed by atoms with Gasteiger partial charge in [-0.15, -0.1) is 0 Å². The van der Waals surface area contributed by atoms with Crippen molar-refractivity contribution in [1.82, 2.24) is 24.8 Å². The fraction of sp³-hybridized carbons (Fsp3) is 0.545. The van der Waals surface area contributed by atoms with E-state index in [-0.39, 0.29) is 28.6 Å². The van der Waals surface area contributed by atoms with Crippen LogP contribution in [0.4, 0.5) is 13.2 Å². The standard InChI is InChI=1S/C22H26F3N5O2/c1-13-10-14(2)30(27-13)9-5-7-19(31)29-8-4-6-16(12-29)18-11-17(22(23,24)25)20-15(3)28-32-21(20)26-18/h10-11,16H,4-9,12H2,1-3H3. The number of aryl methyl sites for hydroxylation is 4. The van der Waals surface area contributed by atoms with Crippen LogP contribution in [0, 0.1) is 20.8 Å². The van der Waals surface area contributed by atoms with Crippen molar-refractivity contribution < 1.29 is 22.5 Å². The first kappa shape index (κ1) is 22.3. The lowest BCUT2D eigenvalue weighted by molar-refractivity contribution is -0.136. The predicted octanol–water partition coefficient (Wildman–Crippen LogP) is 4.55. The second-order valence-corrected chi connectivity index (χ2v) is 8.47. The summed E-state index contributed by atoms with van der Waals surface area (Å²) in [6.45, 7) is 6.98. The Morgan fingerprint density at radius 2 is 2.03 bits per heavy atom. The number of likely N-dealkylation sites (tertiary alicyclic amines) is 1. The molecule has 172 valence electrons.